The minimum absolute atomic E-state index is 0.257. The number of aromatic nitrogens is 2. The molecule has 0 radical (unpaired) electrons. The zero-order valence-electron chi connectivity index (χ0n) is 17.9. The Kier molecular flexibility index (Phi) is 6.42. The lowest BCUT2D eigenvalue weighted by atomic mass is 10.1. The van der Waals surface area contributed by atoms with Crippen molar-refractivity contribution in [2.75, 3.05) is 19.6 Å². The van der Waals surface area contributed by atoms with E-state index < -0.39 is 11.5 Å². The monoisotopic (exact) mass is 461 g/mol. The third-order valence-electron chi connectivity index (χ3n) is 4.94. The second-order valence-electron chi connectivity index (χ2n) is 7.02. The molecule has 0 fully saturated rings. The number of halogens is 1. The summed E-state index contributed by atoms with van der Waals surface area (Å²) in [5.74, 6) is 0.766. The van der Waals surface area contributed by atoms with Gasteiger partial charge in [0.1, 0.15) is 0 Å². The summed E-state index contributed by atoms with van der Waals surface area (Å²) in [5.41, 5.74) is 4.10. The van der Waals surface area contributed by atoms with Crippen molar-refractivity contribution in [1.29, 1.82) is 0 Å². The lowest BCUT2D eigenvalue weighted by molar-refractivity contribution is -0.112. The molecule has 3 aromatic carbocycles. The van der Waals surface area contributed by atoms with Crippen molar-refractivity contribution in [3.05, 3.63) is 93.7 Å². The van der Waals surface area contributed by atoms with E-state index in [2.05, 4.69) is 10.4 Å². The van der Waals surface area contributed by atoms with Crippen molar-refractivity contribution in [2.45, 2.75) is 0 Å². The minimum Gasteiger partial charge on any atom is -0.493 e. The van der Waals surface area contributed by atoms with Crippen LogP contribution in [0.4, 0.5) is 0 Å². The molecule has 7 nitrogen and oxygen atoms in total. The Morgan fingerprint density at radius 2 is 1.73 bits per heavy atom. The van der Waals surface area contributed by atoms with Gasteiger partial charge < -0.3 is 9.47 Å². The Balaban J connectivity index is 1.78. The van der Waals surface area contributed by atoms with E-state index in [9.17, 15) is 9.59 Å². The van der Waals surface area contributed by atoms with Gasteiger partial charge in [0, 0.05) is 16.7 Å². The fourth-order valence-electron chi connectivity index (χ4n) is 3.30. The number of hydrogen-bond acceptors (Lipinski definition) is 5. The van der Waals surface area contributed by atoms with Crippen molar-refractivity contribution in [3.8, 4) is 22.9 Å². The highest BCUT2D eigenvalue weighted by Crippen LogP contribution is 2.31. The Morgan fingerprint density at radius 3 is 2.45 bits per heavy atom. The topological polar surface area (TPSA) is 82.5 Å². The van der Waals surface area contributed by atoms with Crippen molar-refractivity contribution in [2.24, 2.45) is 0 Å². The van der Waals surface area contributed by atoms with Crippen LogP contribution in [-0.4, -0.2) is 29.8 Å². The van der Waals surface area contributed by atoms with E-state index in [0.29, 0.717) is 33.0 Å². The minimum atomic E-state index is -0.495. The van der Waals surface area contributed by atoms with Gasteiger partial charge in [-0.05, 0) is 54.1 Å². The predicted molar refractivity (Wildman–Crippen MR) is 129 cm³/mol. The number of ether oxygens (including phenoxy) is 2. The summed E-state index contributed by atoms with van der Waals surface area (Å²) in [6, 6.07) is 19.1. The Labute approximate surface area is 194 Å². The number of carbonyl (C=O) groups is 1. The van der Waals surface area contributed by atoms with Crippen molar-refractivity contribution >= 4 is 34.5 Å². The second kappa shape index (κ2) is 9.58. The SMILES string of the molecule is COc1ccc(-c2nc3ccccc3c(=O)n2NC(=O)C=Cc2ccc(Cl)cc2)cc1OC. The van der Waals surface area contributed by atoms with Crippen LogP contribution in [0.5, 0.6) is 11.5 Å². The lowest BCUT2D eigenvalue weighted by Gasteiger charge is -2.15. The quantitative estimate of drug-likeness (QED) is 0.427. The number of fused-ring (bicyclic) bond motifs is 1. The molecule has 0 unspecified atom stereocenters. The van der Waals surface area contributed by atoms with Gasteiger partial charge in [0.15, 0.2) is 17.3 Å². The third kappa shape index (κ3) is 4.73. The van der Waals surface area contributed by atoms with Crippen LogP contribution in [0, 0.1) is 0 Å². The molecule has 1 amide bonds. The summed E-state index contributed by atoms with van der Waals surface area (Å²) < 4.78 is 11.8. The van der Waals surface area contributed by atoms with Gasteiger partial charge in [-0.2, -0.15) is 4.68 Å². The average Bonchev–Trinajstić information content (AvgIpc) is 2.85. The number of carbonyl (C=O) groups excluding carboxylic acids is 1. The van der Waals surface area contributed by atoms with Crippen LogP contribution in [0.2, 0.25) is 5.02 Å². The summed E-state index contributed by atoms with van der Waals surface area (Å²) >= 11 is 5.90. The maximum Gasteiger partial charge on any atom is 0.280 e. The van der Waals surface area contributed by atoms with Gasteiger partial charge in [0.25, 0.3) is 11.5 Å². The number of benzene rings is 3. The smallest absolute Gasteiger partial charge is 0.280 e. The Bertz CT molecular complexity index is 1410. The summed E-state index contributed by atoms with van der Waals surface area (Å²) in [7, 11) is 3.06. The second-order valence-corrected chi connectivity index (χ2v) is 7.46. The van der Waals surface area contributed by atoms with E-state index in [1.54, 1.807) is 72.8 Å². The maximum absolute atomic E-state index is 13.3. The van der Waals surface area contributed by atoms with Crippen LogP contribution in [0.3, 0.4) is 0 Å². The lowest BCUT2D eigenvalue weighted by Crippen LogP contribution is -2.34. The van der Waals surface area contributed by atoms with Crippen molar-refractivity contribution in [1.82, 2.24) is 9.66 Å². The Hall–Kier alpha value is -4.10. The molecule has 0 atom stereocenters. The molecule has 0 bridgehead atoms. The summed E-state index contributed by atoms with van der Waals surface area (Å²) in [6.45, 7) is 0. The van der Waals surface area contributed by atoms with Gasteiger partial charge >= 0.3 is 0 Å². The first-order valence-electron chi connectivity index (χ1n) is 9.99. The molecule has 0 saturated carbocycles. The molecule has 8 heteroatoms. The highest BCUT2D eigenvalue weighted by molar-refractivity contribution is 6.30. The predicted octanol–water partition coefficient (Wildman–Crippen LogP) is 4.52. The van der Waals surface area contributed by atoms with Gasteiger partial charge in [-0.1, -0.05) is 35.9 Å². The summed E-state index contributed by atoms with van der Waals surface area (Å²) in [5, 5.41) is 0.980. The highest BCUT2D eigenvalue weighted by atomic mass is 35.5. The van der Waals surface area contributed by atoms with Gasteiger partial charge in [-0.25, -0.2) is 4.98 Å². The summed E-state index contributed by atoms with van der Waals surface area (Å²) in [4.78, 5) is 30.6. The number of nitrogens with one attached hydrogen (secondary N) is 1. The number of hydrogen-bond donors (Lipinski definition) is 1. The molecule has 0 aliphatic carbocycles. The fourth-order valence-corrected chi connectivity index (χ4v) is 3.42. The molecule has 0 spiro atoms. The number of methoxy groups -OCH3 is 2. The molecule has 4 rings (SSSR count). The molecular weight excluding hydrogens is 442 g/mol. The highest BCUT2D eigenvalue weighted by Gasteiger charge is 2.16. The number of nitrogens with zero attached hydrogens (tertiary/aromatic N) is 2. The molecule has 4 aromatic rings. The van der Waals surface area contributed by atoms with Crippen LogP contribution in [-0.2, 0) is 4.79 Å². The van der Waals surface area contributed by atoms with Crippen LogP contribution in [0.1, 0.15) is 5.56 Å². The molecule has 0 saturated heterocycles. The standard InChI is InChI=1S/C25H20ClN3O4/c1-32-21-13-10-17(15-22(21)33-2)24-27-20-6-4-3-5-19(20)25(31)29(24)28-23(30)14-9-16-7-11-18(26)12-8-16/h3-15H,1-2H3,(H,28,30). The normalized spacial score (nSPS) is 11.0. The molecular formula is C25H20ClN3O4. The van der Waals surface area contributed by atoms with Gasteiger partial charge in [0.2, 0.25) is 0 Å². The van der Waals surface area contributed by atoms with E-state index in [4.69, 9.17) is 21.1 Å². The molecule has 166 valence electrons. The van der Waals surface area contributed by atoms with E-state index >= 15 is 0 Å². The van der Waals surface area contributed by atoms with Crippen LogP contribution in [0.15, 0.2) is 77.6 Å². The molecule has 0 aliphatic rings. The molecule has 1 aromatic heterocycles. The first kappa shape index (κ1) is 22.1. The first-order chi connectivity index (χ1) is 16.0. The first-order valence-corrected chi connectivity index (χ1v) is 10.4. The molecule has 33 heavy (non-hydrogen) atoms. The van der Waals surface area contributed by atoms with Crippen molar-refractivity contribution < 1.29 is 14.3 Å². The van der Waals surface area contributed by atoms with E-state index in [0.717, 1.165) is 10.2 Å². The van der Waals surface area contributed by atoms with Gasteiger partial charge in [-0.3, -0.25) is 15.0 Å². The van der Waals surface area contributed by atoms with E-state index in [-0.39, 0.29) is 5.82 Å². The third-order valence-corrected chi connectivity index (χ3v) is 5.19. The van der Waals surface area contributed by atoms with E-state index in [1.807, 2.05) is 0 Å². The average molecular weight is 462 g/mol. The number of amides is 1. The van der Waals surface area contributed by atoms with Gasteiger partial charge in [-0.15, -0.1) is 0 Å². The van der Waals surface area contributed by atoms with Crippen LogP contribution < -0.4 is 20.5 Å². The molecule has 1 N–H and O–H groups in total. The van der Waals surface area contributed by atoms with Gasteiger partial charge in [0.05, 0.1) is 25.1 Å². The Morgan fingerprint density at radius 1 is 1.00 bits per heavy atom. The van der Waals surface area contributed by atoms with Crippen molar-refractivity contribution in [3.63, 3.8) is 0 Å². The number of rotatable bonds is 6. The number of para-hydroxylation sites is 1. The molecule has 1 heterocycles. The largest absolute Gasteiger partial charge is 0.493 e. The van der Waals surface area contributed by atoms with E-state index in [1.165, 1.54) is 20.3 Å². The van der Waals surface area contributed by atoms with Crippen LogP contribution in [0.25, 0.3) is 28.4 Å². The maximum atomic E-state index is 13.3. The fraction of sp³-hybridized carbons (Fsp3) is 0.0800. The zero-order chi connectivity index (χ0) is 23.4. The molecule has 0 aliphatic heterocycles. The summed E-state index contributed by atoms with van der Waals surface area (Å²) in [6.07, 6.45) is 2.96. The zero-order valence-corrected chi connectivity index (χ0v) is 18.7. The van der Waals surface area contributed by atoms with Crippen LogP contribution >= 0.6 is 11.6 Å².